The van der Waals surface area contributed by atoms with Gasteiger partial charge in [-0.2, -0.15) is 0 Å². The van der Waals surface area contributed by atoms with Gasteiger partial charge in [-0.05, 0) is 37.8 Å². The Labute approximate surface area is 90.5 Å². The van der Waals surface area contributed by atoms with Gasteiger partial charge in [0.15, 0.2) is 0 Å². The van der Waals surface area contributed by atoms with Gasteiger partial charge in [0.05, 0.1) is 6.54 Å². The molecular formula is C12H19NO2. The van der Waals surface area contributed by atoms with Crippen LogP contribution in [0.1, 0.15) is 44.1 Å². The Hall–Kier alpha value is -0.800. The van der Waals surface area contributed by atoms with Crippen molar-refractivity contribution in [3.05, 3.63) is 23.7 Å². The zero-order chi connectivity index (χ0) is 10.7. The number of furan rings is 1. The van der Waals surface area contributed by atoms with E-state index in [-0.39, 0.29) is 6.61 Å². The van der Waals surface area contributed by atoms with Gasteiger partial charge in [-0.1, -0.05) is 6.92 Å². The van der Waals surface area contributed by atoms with Crippen LogP contribution >= 0.6 is 0 Å². The number of hydrogen-bond donors (Lipinski definition) is 2. The summed E-state index contributed by atoms with van der Waals surface area (Å²) in [5.74, 6) is 1.56. The number of nitrogens with one attached hydrogen (secondary N) is 1. The van der Waals surface area contributed by atoms with Gasteiger partial charge >= 0.3 is 0 Å². The summed E-state index contributed by atoms with van der Waals surface area (Å²) in [5, 5.41) is 12.4. The maximum atomic E-state index is 8.87. The summed E-state index contributed by atoms with van der Waals surface area (Å²) in [5.41, 5.74) is 0.353. The summed E-state index contributed by atoms with van der Waals surface area (Å²) < 4.78 is 5.43. The standard InChI is InChI=1S/C12H19NO2/c1-2-12(6-3-7-12)13-8-10-4-5-11(9-14)15-10/h4-5,13-14H,2-3,6-9H2,1H3. The van der Waals surface area contributed by atoms with Crippen molar-refractivity contribution in [1.82, 2.24) is 5.32 Å². The highest BCUT2D eigenvalue weighted by Gasteiger charge is 2.34. The van der Waals surface area contributed by atoms with Gasteiger partial charge in [-0.25, -0.2) is 0 Å². The lowest BCUT2D eigenvalue weighted by atomic mass is 9.75. The van der Waals surface area contributed by atoms with E-state index in [4.69, 9.17) is 9.52 Å². The summed E-state index contributed by atoms with van der Waals surface area (Å²) >= 11 is 0. The first-order valence-electron chi connectivity index (χ1n) is 5.71. The largest absolute Gasteiger partial charge is 0.462 e. The van der Waals surface area contributed by atoms with Crippen LogP contribution in [-0.4, -0.2) is 10.6 Å². The molecule has 0 unspecified atom stereocenters. The number of aliphatic hydroxyl groups is 1. The first-order chi connectivity index (χ1) is 7.28. The minimum Gasteiger partial charge on any atom is -0.462 e. The van der Waals surface area contributed by atoms with Crippen molar-refractivity contribution in [2.24, 2.45) is 0 Å². The fraction of sp³-hybridized carbons (Fsp3) is 0.667. The Morgan fingerprint density at radius 3 is 2.60 bits per heavy atom. The molecule has 84 valence electrons. The monoisotopic (exact) mass is 209 g/mol. The van der Waals surface area contributed by atoms with E-state index < -0.39 is 0 Å². The van der Waals surface area contributed by atoms with Gasteiger partial charge in [0.25, 0.3) is 0 Å². The van der Waals surface area contributed by atoms with Crippen LogP contribution in [0.15, 0.2) is 16.5 Å². The van der Waals surface area contributed by atoms with Gasteiger partial charge in [0.1, 0.15) is 18.1 Å². The second kappa shape index (κ2) is 4.37. The van der Waals surface area contributed by atoms with Crippen molar-refractivity contribution in [2.75, 3.05) is 0 Å². The van der Waals surface area contributed by atoms with Gasteiger partial charge in [0.2, 0.25) is 0 Å². The molecule has 1 saturated carbocycles. The topological polar surface area (TPSA) is 45.4 Å². The predicted octanol–water partition coefficient (Wildman–Crippen LogP) is 2.19. The maximum Gasteiger partial charge on any atom is 0.129 e. The SMILES string of the molecule is CCC1(NCc2ccc(CO)o2)CCC1. The van der Waals surface area contributed by atoms with Crippen LogP contribution in [0.5, 0.6) is 0 Å². The van der Waals surface area contributed by atoms with E-state index in [0.29, 0.717) is 11.3 Å². The smallest absolute Gasteiger partial charge is 0.129 e. The Bertz CT molecular complexity index is 310. The first-order valence-corrected chi connectivity index (χ1v) is 5.71. The van der Waals surface area contributed by atoms with Gasteiger partial charge in [-0.3, -0.25) is 0 Å². The molecule has 0 aliphatic heterocycles. The van der Waals surface area contributed by atoms with Crippen LogP contribution < -0.4 is 5.32 Å². The molecule has 0 aromatic carbocycles. The molecule has 0 amide bonds. The van der Waals surface area contributed by atoms with Gasteiger partial charge in [0, 0.05) is 5.54 Å². The molecule has 0 radical (unpaired) electrons. The lowest BCUT2D eigenvalue weighted by Gasteiger charge is -2.42. The Morgan fingerprint density at radius 2 is 2.13 bits per heavy atom. The van der Waals surface area contributed by atoms with E-state index in [0.717, 1.165) is 12.3 Å². The van der Waals surface area contributed by atoms with E-state index in [1.165, 1.54) is 25.7 Å². The molecule has 0 spiro atoms. The molecule has 0 atom stereocenters. The number of hydrogen-bond acceptors (Lipinski definition) is 3. The highest BCUT2D eigenvalue weighted by Crippen LogP contribution is 2.34. The van der Waals surface area contributed by atoms with Crippen molar-refractivity contribution in [3.63, 3.8) is 0 Å². The van der Waals surface area contributed by atoms with Crippen LogP contribution in [0.4, 0.5) is 0 Å². The molecule has 0 bridgehead atoms. The van der Waals surface area contributed by atoms with Crippen molar-refractivity contribution < 1.29 is 9.52 Å². The summed E-state index contributed by atoms with van der Waals surface area (Å²) in [4.78, 5) is 0. The Balaban J connectivity index is 1.86. The molecular weight excluding hydrogens is 190 g/mol. The van der Waals surface area contributed by atoms with Gasteiger partial charge in [-0.15, -0.1) is 0 Å². The summed E-state index contributed by atoms with van der Waals surface area (Å²) in [6, 6.07) is 3.76. The third-order valence-electron chi connectivity index (χ3n) is 3.50. The predicted molar refractivity (Wildman–Crippen MR) is 58.3 cm³/mol. The van der Waals surface area contributed by atoms with E-state index in [9.17, 15) is 0 Å². The van der Waals surface area contributed by atoms with Crippen molar-refractivity contribution >= 4 is 0 Å². The minimum atomic E-state index is -0.0150. The van der Waals surface area contributed by atoms with Crippen LogP contribution in [0.3, 0.4) is 0 Å². The quantitative estimate of drug-likeness (QED) is 0.781. The summed E-state index contributed by atoms with van der Waals surface area (Å²) in [6.45, 7) is 2.99. The fourth-order valence-electron chi connectivity index (χ4n) is 2.14. The number of aliphatic hydroxyl groups excluding tert-OH is 1. The molecule has 3 heteroatoms. The molecule has 2 rings (SSSR count). The molecule has 1 aromatic heterocycles. The molecule has 1 fully saturated rings. The van der Waals surface area contributed by atoms with E-state index in [1.54, 1.807) is 0 Å². The second-order valence-electron chi connectivity index (χ2n) is 4.37. The van der Waals surface area contributed by atoms with E-state index in [2.05, 4.69) is 12.2 Å². The normalized spacial score (nSPS) is 18.8. The van der Waals surface area contributed by atoms with E-state index >= 15 is 0 Å². The molecule has 15 heavy (non-hydrogen) atoms. The van der Waals surface area contributed by atoms with Crippen LogP contribution in [-0.2, 0) is 13.2 Å². The van der Waals surface area contributed by atoms with Crippen molar-refractivity contribution in [1.29, 1.82) is 0 Å². The molecule has 1 aliphatic rings. The van der Waals surface area contributed by atoms with Gasteiger partial charge < -0.3 is 14.8 Å². The van der Waals surface area contributed by atoms with Crippen LogP contribution in [0, 0.1) is 0 Å². The molecule has 1 aromatic rings. The maximum absolute atomic E-state index is 8.87. The average Bonchev–Trinajstić information content (AvgIpc) is 2.65. The Kier molecular flexibility index (Phi) is 3.12. The minimum absolute atomic E-state index is 0.0150. The summed E-state index contributed by atoms with van der Waals surface area (Å²) in [7, 11) is 0. The first kappa shape index (κ1) is 10.7. The second-order valence-corrected chi connectivity index (χ2v) is 4.37. The average molecular weight is 209 g/mol. The van der Waals surface area contributed by atoms with Crippen molar-refractivity contribution in [3.8, 4) is 0 Å². The highest BCUT2D eigenvalue weighted by molar-refractivity contribution is 5.07. The fourth-order valence-corrected chi connectivity index (χ4v) is 2.14. The third kappa shape index (κ3) is 2.24. The molecule has 1 heterocycles. The third-order valence-corrected chi connectivity index (χ3v) is 3.50. The Morgan fingerprint density at radius 1 is 1.40 bits per heavy atom. The number of rotatable bonds is 5. The highest BCUT2D eigenvalue weighted by atomic mass is 16.4. The molecule has 3 nitrogen and oxygen atoms in total. The zero-order valence-electron chi connectivity index (χ0n) is 9.25. The molecule has 2 N–H and O–H groups in total. The molecule has 1 aliphatic carbocycles. The van der Waals surface area contributed by atoms with Crippen molar-refractivity contribution in [2.45, 2.75) is 51.3 Å². The van der Waals surface area contributed by atoms with E-state index in [1.807, 2.05) is 12.1 Å². The lowest BCUT2D eigenvalue weighted by Crippen LogP contribution is -2.49. The summed E-state index contributed by atoms with van der Waals surface area (Å²) in [6.07, 6.45) is 5.07. The van der Waals surface area contributed by atoms with Crippen LogP contribution in [0.25, 0.3) is 0 Å². The molecule has 0 saturated heterocycles. The zero-order valence-corrected chi connectivity index (χ0v) is 9.25. The lowest BCUT2D eigenvalue weighted by molar-refractivity contribution is 0.169. The van der Waals surface area contributed by atoms with Crippen LogP contribution in [0.2, 0.25) is 0 Å².